The molecule has 0 amide bonds. The van der Waals surface area contributed by atoms with Gasteiger partial charge in [-0.2, -0.15) is 0 Å². The molecular weight excluding hydrogens is 356 g/mol. The molecule has 0 saturated carbocycles. The van der Waals surface area contributed by atoms with Crippen LogP contribution in [0, 0.1) is 0 Å². The van der Waals surface area contributed by atoms with Crippen molar-refractivity contribution in [3.63, 3.8) is 0 Å². The predicted molar refractivity (Wildman–Crippen MR) is 116 cm³/mol. The van der Waals surface area contributed by atoms with Gasteiger partial charge in [0.1, 0.15) is 5.82 Å². The van der Waals surface area contributed by atoms with Crippen LogP contribution in [0.5, 0.6) is 0 Å². The minimum absolute atomic E-state index is 0.0255. The summed E-state index contributed by atoms with van der Waals surface area (Å²) in [5.74, 6) is 0.855. The molecule has 3 heteroatoms. The number of benzene rings is 3. The molecule has 0 radical (unpaired) electrons. The summed E-state index contributed by atoms with van der Waals surface area (Å²) in [5, 5.41) is 0. The van der Waals surface area contributed by atoms with Gasteiger partial charge in [0.05, 0.1) is 11.0 Å². The first kappa shape index (κ1) is 16.7. The normalized spacial score (nSPS) is 17.6. The minimum Gasteiger partial charge on any atom is -0.268 e. The lowest BCUT2D eigenvalue weighted by molar-refractivity contribution is 0.0947. The summed E-state index contributed by atoms with van der Waals surface area (Å²) in [6.45, 7) is 8.96. The van der Waals surface area contributed by atoms with Crippen LogP contribution in [0.2, 0.25) is 0 Å². The highest BCUT2D eigenvalue weighted by Gasteiger charge is 2.47. The zero-order chi connectivity index (χ0) is 20.1. The third kappa shape index (κ3) is 1.84. The van der Waals surface area contributed by atoms with Crippen LogP contribution >= 0.6 is 0 Å². The van der Waals surface area contributed by atoms with Gasteiger partial charge in [-0.25, -0.2) is 4.98 Å². The average molecular weight is 378 g/mol. The first-order valence-electron chi connectivity index (χ1n) is 10.1. The molecule has 1 aromatic heterocycles. The summed E-state index contributed by atoms with van der Waals surface area (Å²) in [4.78, 5) is 18.6. The van der Waals surface area contributed by atoms with Crippen molar-refractivity contribution in [2.45, 2.75) is 38.5 Å². The average Bonchev–Trinajstić information content (AvgIpc) is 3.21. The Kier molecular flexibility index (Phi) is 2.91. The van der Waals surface area contributed by atoms with Crippen molar-refractivity contribution in [2.24, 2.45) is 0 Å². The van der Waals surface area contributed by atoms with Crippen LogP contribution in [0.3, 0.4) is 0 Å². The lowest BCUT2D eigenvalue weighted by Crippen LogP contribution is -2.38. The second kappa shape index (κ2) is 5.04. The minimum atomic E-state index is -0.382. The van der Waals surface area contributed by atoms with Crippen LogP contribution in [0.15, 0.2) is 60.7 Å². The van der Waals surface area contributed by atoms with Crippen LogP contribution in [0.4, 0.5) is 0 Å². The number of fused-ring (bicyclic) bond motifs is 8. The van der Waals surface area contributed by atoms with Gasteiger partial charge in [0, 0.05) is 16.4 Å². The molecule has 0 saturated heterocycles. The fraction of sp³-hybridized carbons (Fsp3) is 0.231. The zero-order valence-electron chi connectivity index (χ0n) is 17.1. The van der Waals surface area contributed by atoms with E-state index in [0.29, 0.717) is 0 Å². The predicted octanol–water partition coefficient (Wildman–Crippen LogP) is 5.67. The van der Waals surface area contributed by atoms with Crippen LogP contribution < -0.4 is 0 Å². The molecule has 4 aromatic rings. The third-order valence-electron chi connectivity index (χ3n) is 6.90. The number of rotatable bonds is 0. The van der Waals surface area contributed by atoms with Crippen molar-refractivity contribution in [3.05, 3.63) is 88.7 Å². The summed E-state index contributed by atoms with van der Waals surface area (Å²) < 4.78 is 1.82. The number of hydrogen-bond acceptors (Lipinski definition) is 2. The third-order valence-corrected chi connectivity index (χ3v) is 6.90. The highest BCUT2D eigenvalue weighted by Crippen LogP contribution is 2.54. The lowest BCUT2D eigenvalue weighted by Gasteiger charge is -2.37. The molecule has 3 aromatic carbocycles. The fourth-order valence-corrected chi connectivity index (χ4v) is 5.58. The molecular formula is C26H22N2O. The molecule has 0 atom stereocenters. The van der Waals surface area contributed by atoms with E-state index in [1.807, 2.05) is 34.9 Å². The standard InChI is InChI=1S/C26H22N2O/c1-25(2)18-10-6-5-9-15(18)16-13-14-17-22(21(16)25)26(3,4)24-27-19-11-7-8-12-20(19)28(24)23(17)29/h5-14H,1-4H3. The SMILES string of the molecule is CC1(C)c2ccccc2-c2ccc3c(c21)C(C)(C)c1nc2ccccc2n1C3=O. The molecule has 6 rings (SSSR count). The molecule has 0 spiro atoms. The summed E-state index contributed by atoms with van der Waals surface area (Å²) in [7, 11) is 0. The maximum atomic E-state index is 13.7. The molecule has 3 nitrogen and oxygen atoms in total. The lowest BCUT2D eigenvalue weighted by atomic mass is 9.69. The maximum absolute atomic E-state index is 13.7. The van der Waals surface area contributed by atoms with Crippen molar-refractivity contribution in [1.29, 1.82) is 0 Å². The number of para-hydroxylation sites is 2. The largest absolute Gasteiger partial charge is 0.268 e. The van der Waals surface area contributed by atoms with Crippen LogP contribution in [-0.2, 0) is 10.8 Å². The monoisotopic (exact) mass is 378 g/mol. The van der Waals surface area contributed by atoms with E-state index in [2.05, 4.69) is 58.0 Å². The van der Waals surface area contributed by atoms with Crippen molar-refractivity contribution >= 4 is 16.9 Å². The van der Waals surface area contributed by atoms with E-state index in [-0.39, 0.29) is 16.7 Å². The van der Waals surface area contributed by atoms with E-state index in [9.17, 15) is 4.79 Å². The van der Waals surface area contributed by atoms with Gasteiger partial charge in [-0.15, -0.1) is 0 Å². The summed E-state index contributed by atoms with van der Waals surface area (Å²) >= 11 is 0. The fourth-order valence-electron chi connectivity index (χ4n) is 5.58. The summed E-state index contributed by atoms with van der Waals surface area (Å²) in [6, 6.07) is 20.7. The summed E-state index contributed by atoms with van der Waals surface area (Å²) in [5.41, 5.74) is 8.25. The maximum Gasteiger partial charge on any atom is 0.264 e. The highest BCUT2D eigenvalue weighted by atomic mass is 16.2. The van der Waals surface area contributed by atoms with Crippen molar-refractivity contribution in [2.75, 3.05) is 0 Å². The van der Waals surface area contributed by atoms with Gasteiger partial charge in [0.25, 0.3) is 5.91 Å². The van der Waals surface area contributed by atoms with Gasteiger partial charge in [-0.05, 0) is 59.9 Å². The van der Waals surface area contributed by atoms with Gasteiger partial charge in [-0.1, -0.05) is 56.3 Å². The van der Waals surface area contributed by atoms with E-state index in [1.54, 1.807) is 0 Å². The smallest absolute Gasteiger partial charge is 0.264 e. The first-order chi connectivity index (χ1) is 13.8. The first-order valence-corrected chi connectivity index (χ1v) is 10.1. The number of imidazole rings is 1. The Morgan fingerprint density at radius 1 is 0.724 bits per heavy atom. The molecule has 2 heterocycles. The van der Waals surface area contributed by atoms with Gasteiger partial charge >= 0.3 is 0 Å². The Labute approximate surface area is 170 Å². The molecule has 0 unspecified atom stereocenters. The van der Waals surface area contributed by atoms with Gasteiger partial charge in [0.15, 0.2) is 0 Å². The number of aromatic nitrogens is 2. The van der Waals surface area contributed by atoms with Crippen molar-refractivity contribution in [3.8, 4) is 11.1 Å². The quantitative estimate of drug-likeness (QED) is 0.395. The second-order valence-corrected chi connectivity index (χ2v) is 9.27. The van der Waals surface area contributed by atoms with E-state index in [4.69, 9.17) is 4.98 Å². The van der Waals surface area contributed by atoms with Crippen LogP contribution in [-0.4, -0.2) is 15.5 Å². The Morgan fingerprint density at radius 2 is 1.38 bits per heavy atom. The molecule has 1 aliphatic carbocycles. The molecule has 0 bridgehead atoms. The number of carbonyl (C=O) groups excluding carboxylic acids is 1. The van der Waals surface area contributed by atoms with E-state index in [0.717, 1.165) is 28.0 Å². The van der Waals surface area contributed by atoms with Crippen molar-refractivity contribution < 1.29 is 4.79 Å². The molecule has 0 N–H and O–H groups in total. The molecule has 1 aliphatic heterocycles. The number of carbonyl (C=O) groups is 1. The Balaban J connectivity index is 1.74. The zero-order valence-corrected chi connectivity index (χ0v) is 17.1. The molecule has 142 valence electrons. The molecule has 0 fully saturated rings. The van der Waals surface area contributed by atoms with Gasteiger partial charge < -0.3 is 0 Å². The summed E-state index contributed by atoms with van der Waals surface area (Å²) in [6.07, 6.45) is 0. The van der Waals surface area contributed by atoms with E-state index >= 15 is 0 Å². The van der Waals surface area contributed by atoms with Crippen LogP contribution in [0.25, 0.3) is 22.2 Å². The Hall–Kier alpha value is -3.20. The van der Waals surface area contributed by atoms with E-state index in [1.165, 1.54) is 22.3 Å². The Morgan fingerprint density at radius 3 is 2.21 bits per heavy atom. The molecule has 29 heavy (non-hydrogen) atoms. The molecule has 2 aliphatic rings. The highest BCUT2D eigenvalue weighted by molar-refractivity contribution is 6.06. The van der Waals surface area contributed by atoms with Crippen LogP contribution in [0.1, 0.15) is 60.6 Å². The topological polar surface area (TPSA) is 34.9 Å². The van der Waals surface area contributed by atoms with E-state index < -0.39 is 0 Å². The van der Waals surface area contributed by atoms with Gasteiger partial charge in [0.2, 0.25) is 0 Å². The van der Waals surface area contributed by atoms with Gasteiger partial charge in [-0.3, -0.25) is 9.36 Å². The second-order valence-electron chi connectivity index (χ2n) is 9.27. The number of nitrogens with zero attached hydrogens (tertiary/aromatic N) is 2. The van der Waals surface area contributed by atoms with Crippen molar-refractivity contribution in [1.82, 2.24) is 9.55 Å². The Bertz CT molecular complexity index is 1370. The number of hydrogen-bond donors (Lipinski definition) is 0.